The molecule has 2 aliphatic carbocycles. The highest BCUT2D eigenvalue weighted by Crippen LogP contribution is 2.45. The molecule has 1 aliphatic heterocycles. The van der Waals surface area contributed by atoms with Gasteiger partial charge in [0.1, 0.15) is 5.65 Å². The molecule has 7 rings (SSSR count). The van der Waals surface area contributed by atoms with Crippen LogP contribution in [0.15, 0.2) is 36.5 Å². The molecular formula is C30H35N5O. The van der Waals surface area contributed by atoms with Gasteiger partial charge in [0.15, 0.2) is 5.82 Å². The lowest BCUT2D eigenvalue weighted by atomic mass is 9.73. The second kappa shape index (κ2) is 8.19. The molecule has 186 valence electrons. The van der Waals surface area contributed by atoms with Crippen molar-refractivity contribution in [1.82, 2.24) is 24.0 Å². The van der Waals surface area contributed by atoms with E-state index < -0.39 is 0 Å². The predicted octanol–water partition coefficient (Wildman–Crippen LogP) is 6.05. The molecule has 3 aliphatic rings. The highest BCUT2D eigenvalue weighted by Gasteiger charge is 2.46. The van der Waals surface area contributed by atoms with E-state index >= 15 is 0 Å². The maximum absolute atomic E-state index is 13.6. The van der Waals surface area contributed by atoms with Crippen LogP contribution in [0.25, 0.3) is 33.6 Å². The van der Waals surface area contributed by atoms with E-state index in [9.17, 15) is 4.79 Å². The molecule has 3 atom stereocenters. The number of nitrogens with zero attached hydrogens (tertiary/aromatic N) is 5. The van der Waals surface area contributed by atoms with E-state index in [0.717, 1.165) is 76.7 Å². The Morgan fingerprint density at radius 1 is 1.11 bits per heavy atom. The SMILES string of the molecule is CCCn1c(-c2cc3cccnc3n2CC2CC2)nc2cc(C(=O)N3CC4CCC4C3C)cc(C)c21. The number of hydrogen-bond donors (Lipinski definition) is 0. The van der Waals surface area contributed by atoms with Gasteiger partial charge in [-0.05, 0) is 99.6 Å². The first-order valence-electron chi connectivity index (χ1n) is 13.8. The first-order chi connectivity index (χ1) is 17.5. The summed E-state index contributed by atoms with van der Waals surface area (Å²) in [6.45, 7) is 9.37. The van der Waals surface area contributed by atoms with E-state index in [0.29, 0.717) is 17.9 Å². The number of carbonyl (C=O) groups excluding carboxylic acids is 1. The molecule has 0 N–H and O–H groups in total. The number of likely N-dealkylation sites (tertiary alicyclic amines) is 1. The molecule has 3 unspecified atom stereocenters. The summed E-state index contributed by atoms with van der Waals surface area (Å²) in [6, 6.07) is 10.9. The van der Waals surface area contributed by atoms with Crippen LogP contribution >= 0.6 is 0 Å². The number of aryl methyl sites for hydroxylation is 2. The molecule has 4 aromatic rings. The summed E-state index contributed by atoms with van der Waals surface area (Å²) in [5.74, 6) is 3.28. The fraction of sp³-hybridized carbons (Fsp3) is 0.500. The van der Waals surface area contributed by atoms with E-state index in [-0.39, 0.29) is 5.91 Å². The summed E-state index contributed by atoms with van der Waals surface area (Å²) < 4.78 is 4.75. The molecule has 0 radical (unpaired) electrons. The van der Waals surface area contributed by atoms with Crippen molar-refractivity contribution >= 4 is 28.0 Å². The van der Waals surface area contributed by atoms with Crippen molar-refractivity contribution in [1.29, 1.82) is 0 Å². The van der Waals surface area contributed by atoms with Gasteiger partial charge in [-0.3, -0.25) is 4.79 Å². The van der Waals surface area contributed by atoms with Crippen molar-refractivity contribution < 1.29 is 4.79 Å². The molecule has 0 spiro atoms. The summed E-state index contributed by atoms with van der Waals surface area (Å²) in [5, 5.41) is 1.16. The molecule has 4 heterocycles. The van der Waals surface area contributed by atoms with Gasteiger partial charge in [-0.25, -0.2) is 9.97 Å². The standard InChI is InChI=1S/C30H35N5O/c1-4-12-33-27-18(2)13-23(30(36)34-17-22-9-10-24(22)19(34)3)14-25(27)32-29(33)26-15-21-6-5-11-31-28(21)35(26)16-20-7-8-20/h5-6,11,13-15,19-20,22,24H,4,7-10,12,16-17H2,1-3H3. The van der Waals surface area contributed by atoms with Gasteiger partial charge in [0.05, 0.1) is 16.7 Å². The van der Waals surface area contributed by atoms with E-state index in [1.807, 2.05) is 18.3 Å². The van der Waals surface area contributed by atoms with E-state index in [2.05, 4.69) is 53.0 Å². The first kappa shape index (κ1) is 22.1. The van der Waals surface area contributed by atoms with Gasteiger partial charge in [-0.1, -0.05) is 6.92 Å². The minimum absolute atomic E-state index is 0.167. The Bertz CT molecular complexity index is 1490. The maximum Gasteiger partial charge on any atom is 0.254 e. The number of aromatic nitrogens is 4. The minimum atomic E-state index is 0.167. The van der Waals surface area contributed by atoms with Crippen LogP contribution in [0.3, 0.4) is 0 Å². The van der Waals surface area contributed by atoms with Gasteiger partial charge in [-0.15, -0.1) is 0 Å². The third-order valence-corrected chi connectivity index (χ3v) is 9.03. The number of rotatable bonds is 6. The summed E-state index contributed by atoms with van der Waals surface area (Å²) in [5.41, 5.74) is 6.15. The number of hydrogen-bond acceptors (Lipinski definition) is 3. The average molecular weight is 482 g/mol. The van der Waals surface area contributed by atoms with Crippen LogP contribution in [0.2, 0.25) is 0 Å². The van der Waals surface area contributed by atoms with Gasteiger partial charge < -0.3 is 14.0 Å². The van der Waals surface area contributed by atoms with Crippen LogP contribution in [0.4, 0.5) is 0 Å². The van der Waals surface area contributed by atoms with Crippen LogP contribution in [0.1, 0.15) is 61.9 Å². The lowest BCUT2D eigenvalue weighted by Gasteiger charge is -2.31. The normalized spacial score (nSPS) is 23.4. The molecule has 2 saturated carbocycles. The lowest BCUT2D eigenvalue weighted by Crippen LogP contribution is -2.36. The Kier molecular flexibility index (Phi) is 5.02. The van der Waals surface area contributed by atoms with Gasteiger partial charge in [0, 0.05) is 42.8 Å². The van der Waals surface area contributed by atoms with Crippen LogP contribution in [0, 0.1) is 24.7 Å². The molecule has 36 heavy (non-hydrogen) atoms. The molecule has 6 nitrogen and oxygen atoms in total. The van der Waals surface area contributed by atoms with Crippen molar-refractivity contribution in [3.63, 3.8) is 0 Å². The van der Waals surface area contributed by atoms with Gasteiger partial charge in [0.25, 0.3) is 5.91 Å². The summed E-state index contributed by atoms with van der Waals surface area (Å²) in [7, 11) is 0. The van der Waals surface area contributed by atoms with E-state index in [1.165, 1.54) is 25.7 Å². The molecule has 3 fully saturated rings. The third kappa shape index (κ3) is 3.33. The number of benzene rings is 1. The number of fused-ring (bicyclic) bond motifs is 3. The monoisotopic (exact) mass is 481 g/mol. The zero-order chi connectivity index (χ0) is 24.6. The molecule has 0 bridgehead atoms. The molecule has 6 heteroatoms. The van der Waals surface area contributed by atoms with E-state index in [1.54, 1.807) is 0 Å². The zero-order valence-corrected chi connectivity index (χ0v) is 21.6. The summed E-state index contributed by atoms with van der Waals surface area (Å²) in [6.07, 6.45) is 8.02. The second-order valence-corrected chi connectivity index (χ2v) is 11.4. The van der Waals surface area contributed by atoms with Crippen molar-refractivity contribution in [3.05, 3.63) is 47.7 Å². The molecule has 1 saturated heterocycles. The maximum atomic E-state index is 13.6. The Hall–Kier alpha value is -3.15. The first-order valence-corrected chi connectivity index (χ1v) is 13.8. The van der Waals surface area contributed by atoms with Gasteiger partial charge in [0.2, 0.25) is 0 Å². The highest BCUT2D eigenvalue weighted by atomic mass is 16.2. The Balaban J connectivity index is 1.36. The summed E-state index contributed by atoms with van der Waals surface area (Å²) >= 11 is 0. The van der Waals surface area contributed by atoms with Gasteiger partial charge in [-0.2, -0.15) is 0 Å². The fourth-order valence-electron chi connectivity index (χ4n) is 6.79. The zero-order valence-electron chi connectivity index (χ0n) is 21.6. The smallest absolute Gasteiger partial charge is 0.254 e. The Morgan fingerprint density at radius 3 is 2.67 bits per heavy atom. The molecule has 3 aromatic heterocycles. The third-order valence-electron chi connectivity index (χ3n) is 9.03. The van der Waals surface area contributed by atoms with Crippen molar-refractivity contribution in [3.8, 4) is 11.5 Å². The number of imidazole rings is 1. The Morgan fingerprint density at radius 2 is 1.97 bits per heavy atom. The largest absolute Gasteiger partial charge is 0.335 e. The minimum Gasteiger partial charge on any atom is -0.335 e. The van der Waals surface area contributed by atoms with Crippen LogP contribution in [0.5, 0.6) is 0 Å². The molecular weight excluding hydrogens is 446 g/mol. The van der Waals surface area contributed by atoms with Crippen molar-refractivity contribution in [2.45, 2.75) is 72.0 Å². The van der Waals surface area contributed by atoms with Crippen molar-refractivity contribution in [2.75, 3.05) is 6.54 Å². The fourth-order valence-corrected chi connectivity index (χ4v) is 6.79. The van der Waals surface area contributed by atoms with Crippen LogP contribution in [-0.4, -0.2) is 42.5 Å². The molecule has 1 aromatic carbocycles. The van der Waals surface area contributed by atoms with Crippen molar-refractivity contribution in [2.24, 2.45) is 17.8 Å². The van der Waals surface area contributed by atoms with Crippen LogP contribution in [-0.2, 0) is 13.1 Å². The number of amides is 1. The number of pyridine rings is 1. The second-order valence-electron chi connectivity index (χ2n) is 11.4. The van der Waals surface area contributed by atoms with E-state index in [4.69, 9.17) is 9.97 Å². The molecule has 1 amide bonds. The quantitative estimate of drug-likeness (QED) is 0.337. The van der Waals surface area contributed by atoms with Crippen LogP contribution < -0.4 is 0 Å². The lowest BCUT2D eigenvalue weighted by molar-refractivity contribution is 0.0733. The topological polar surface area (TPSA) is 56.0 Å². The predicted molar refractivity (Wildman–Crippen MR) is 143 cm³/mol. The summed E-state index contributed by atoms with van der Waals surface area (Å²) in [4.78, 5) is 25.7. The average Bonchev–Trinajstić information content (AvgIpc) is 3.43. The number of carbonyl (C=O) groups is 1. The highest BCUT2D eigenvalue weighted by molar-refractivity contribution is 5.99. The Labute approximate surface area is 212 Å². The van der Waals surface area contributed by atoms with Gasteiger partial charge >= 0.3 is 0 Å².